The van der Waals surface area contributed by atoms with Crippen LogP contribution >= 0.6 is 0 Å². The molecule has 3 nitrogen and oxygen atoms in total. The normalized spacial score (nSPS) is 23.0. The maximum Gasteiger partial charge on any atom is 0.231 e. The summed E-state index contributed by atoms with van der Waals surface area (Å²) in [6.07, 6.45) is 9.19. The third kappa shape index (κ3) is 2.33. The molecule has 0 amide bonds. The molecule has 2 aliphatic carbocycles. The van der Waals surface area contributed by atoms with Crippen molar-refractivity contribution in [2.45, 2.75) is 56.8 Å². The fourth-order valence-electron chi connectivity index (χ4n) is 3.90. The molecule has 1 aliphatic heterocycles. The van der Waals surface area contributed by atoms with Crippen LogP contribution in [-0.4, -0.2) is 12.6 Å². The highest BCUT2D eigenvalue weighted by atomic mass is 16.7. The van der Waals surface area contributed by atoms with Gasteiger partial charge >= 0.3 is 0 Å². The Balaban J connectivity index is 1.51. The molecule has 0 unspecified atom stereocenters. The highest BCUT2D eigenvalue weighted by Gasteiger charge is 2.51. The molecule has 0 aromatic heterocycles. The largest absolute Gasteiger partial charge is 0.454 e. The second kappa shape index (κ2) is 5.04. The summed E-state index contributed by atoms with van der Waals surface area (Å²) in [7, 11) is 0. The smallest absolute Gasteiger partial charge is 0.231 e. The molecule has 1 aromatic rings. The minimum absolute atomic E-state index is 0.210. The summed E-state index contributed by atoms with van der Waals surface area (Å²) in [6, 6.07) is 6.03. The van der Waals surface area contributed by atoms with Crippen LogP contribution in [0.2, 0.25) is 0 Å². The number of rotatable bonds is 4. The van der Waals surface area contributed by atoms with Crippen LogP contribution in [0.3, 0.4) is 0 Å². The van der Waals surface area contributed by atoms with E-state index in [1.165, 1.54) is 32.1 Å². The molecule has 3 heteroatoms. The average Bonchev–Trinajstić information content (AvgIpc) is 3.20. The lowest BCUT2D eigenvalue weighted by atomic mass is 9.80. The number of benzene rings is 1. The number of hydrogen-bond acceptors (Lipinski definition) is 3. The molecule has 0 radical (unpaired) electrons. The van der Waals surface area contributed by atoms with E-state index in [1.807, 2.05) is 12.1 Å². The molecule has 3 aliphatic rings. The lowest BCUT2D eigenvalue weighted by molar-refractivity contribution is -0.122. The summed E-state index contributed by atoms with van der Waals surface area (Å²) >= 11 is 0. The molecule has 0 spiro atoms. The first-order valence-electron chi connectivity index (χ1n) is 8.21. The van der Waals surface area contributed by atoms with Crippen LogP contribution in [0.1, 0.15) is 56.9 Å². The first-order chi connectivity index (χ1) is 10.3. The Labute approximate surface area is 125 Å². The minimum Gasteiger partial charge on any atom is -0.454 e. The Hall–Kier alpha value is -1.51. The monoisotopic (exact) mass is 286 g/mol. The van der Waals surface area contributed by atoms with Gasteiger partial charge in [-0.2, -0.15) is 0 Å². The Morgan fingerprint density at radius 2 is 1.86 bits per heavy atom. The fourth-order valence-corrected chi connectivity index (χ4v) is 3.90. The van der Waals surface area contributed by atoms with E-state index in [1.54, 1.807) is 0 Å². The van der Waals surface area contributed by atoms with E-state index < -0.39 is 0 Å². The zero-order chi connectivity index (χ0) is 14.3. The highest BCUT2D eigenvalue weighted by molar-refractivity contribution is 5.93. The van der Waals surface area contributed by atoms with Crippen molar-refractivity contribution in [2.75, 3.05) is 6.79 Å². The molecule has 0 bridgehead atoms. The number of carbonyl (C=O) groups excluding carboxylic acids is 1. The lowest BCUT2D eigenvalue weighted by Crippen LogP contribution is -2.24. The van der Waals surface area contributed by atoms with Gasteiger partial charge in [-0.05, 0) is 36.5 Å². The van der Waals surface area contributed by atoms with E-state index in [0.717, 1.165) is 36.3 Å². The Kier molecular flexibility index (Phi) is 3.16. The van der Waals surface area contributed by atoms with Crippen LogP contribution in [0.5, 0.6) is 11.5 Å². The molecular weight excluding hydrogens is 264 g/mol. The van der Waals surface area contributed by atoms with Crippen LogP contribution in [-0.2, 0) is 10.2 Å². The van der Waals surface area contributed by atoms with Crippen LogP contribution in [0.15, 0.2) is 18.2 Å². The van der Waals surface area contributed by atoms with Crippen molar-refractivity contribution in [2.24, 2.45) is 5.92 Å². The van der Waals surface area contributed by atoms with Gasteiger partial charge in [0.25, 0.3) is 0 Å². The number of ketones is 1. The van der Waals surface area contributed by atoms with Crippen molar-refractivity contribution in [3.63, 3.8) is 0 Å². The van der Waals surface area contributed by atoms with Gasteiger partial charge in [-0.3, -0.25) is 4.79 Å². The maximum atomic E-state index is 12.8. The fraction of sp³-hybridized carbons (Fsp3) is 0.611. The van der Waals surface area contributed by atoms with Crippen LogP contribution in [0.25, 0.3) is 0 Å². The van der Waals surface area contributed by atoms with Gasteiger partial charge in [0, 0.05) is 6.42 Å². The molecule has 0 atom stereocenters. The maximum absolute atomic E-state index is 12.8. The molecule has 0 saturated heterocycles. The summed E-state index contributed by atoms with van der Waals surface area (Å²) < 4.78 is 10.8. The van der Waals surface area contributed by atoms with Crippen LogP contribution in [0.4, 0.5) is 0 Å². The van der Waals surface area contributed by atoms with E-state index in [0.29, 0.717) is 18.5 Å². The van der Waals surface area contributed by atoms with Gasteiger partial charge in [0.2, 0.25) is 6.79 Å². The van der Waals surface area contributed by atoms with Crippen molar-refractivity contribution >= 4 is 5.78 Å². The van der Waals surface area contributed by atoms with Gasteiger partial charge in [0.1, 0.15) is 5.78 Å². The van der Waals surface area contributed by atoms with E-state index in [4.69, 9.17) is 9.47 Å². The number of ether oxygens (including phenoxy) is 2. The number of carbonyl (C=O) groups is 1. The zero-order valence-electron chi connectivity index (χ0n) is 12.4. The Morgan fingerprint density at radius 1 is 1.10 bits per heavy atom. The molecule has 1 aromatic carbocycles. The molecule has 112 valence electrons. The van der Waals surface area contributed by atoms with Gasteiger partial charge < -0.3 is 9.47 Å². The SMILES string of the molecule is O=C(CC1CCCCC1)C1(c2ccc3c(c2)OCO3)CC1. The molecule has 4 rings (SSSR count). The molecule has 2 fully saturated rings. The van der Waals surface area contributed by atoms with E-state index >= 15 is 0 Å². The van der Waals surface area contributed by atoms with E-state index in [-0.39, 0.29) is 5.41 Å². The summed E-state index contributed by atoms with van der Waals surface area (Å²) in [5.41, 5.74) is 0.922. The molecule has 21 heavy (non-hydrogen) atoms. The Morgan fingerprint density at radius 3 is 2.62 bits per heavy atom. The number of Topliss-reactive ketones (excluding diaryl/α,β-unsaturated/α-hetero) is 1. The topological polar surface area (TPSA) is 35.5 Å². The predicted octanol–water partition coefficient (Wildman–Crippen LogP) is 3.99. The third-order valence-corrected chi connectivity index (χ3v) is 5.41. The summed E-state index contributed by atoms with van der Waals surface area (Å²) in [4.78, 5) is 12.8. The summed E-state index contributed by atoms with van der Waals surface area (Å²) in [5, 5.41) is 0. The molecule has 1 heterocycles. The van der Waals surface area contributed by atoms with Crippen molar-refractivity contribution in [1.29, 1.82) is 0 Å². The standard InChI is InChI=1S/C18H22O3/c19-17(10-13-4-2-1-3-5-13)18(8-9-18)14-6-7-15-16(11-14)21-12-20-15/h6-7,11,13H,1-5,8-10,12H2. The van der Waals surface area contributed by atoms with Gasteiger partial charge in [-0.1, -0.05) is 38.2 Å². The van der Waals surface area contributed by atoms with Gasteiger partial charge in [-0.25, -0.2) is 0 Å². The number of hydrogen-bond donors (Lipinski definition) is 0. The minimum atomic E-state index is -0.210. The van der Waals surface area contributed by atoms with Crippen molar-refractivity contribution in [1.82, 2.24) is 0 Å². The summed E-state index contributed by atoms with van der Waals surface area (Å²) in [5.74, 6) is 2.67. The Bertz CT molecular complexity index is 554. The van der Waals surface area contributed by atoms with E-state index in [9.17, 15) is 4.79 Å². The van der Waals surface area contributed by atoms with Crippen LogP contribution in [0, 0.1) is 5.92 Å². The molecule has 2 saturated carbocycles. The molecular formula is C18H22O3. The van der Waals surface area contributed by atoms with Crippen LogP contribution < -0.4 is 9.47 Å². The number of fused-ring (bicyclic) bond motifs is 1. The van der Waals surface area contributed by atoms with Crippen molar-refractivity contribution in [3.8, 4) is 11.5 Å². The first kappa shape index (κ1) is 13.2. The second-order valence-electron chi connectivity index (χ2n) is 6.78. The quantitative estimate of drug-likeness (QED) is 0.839. The van der Waals surface area contributed by atoms with Gasteiger partial charge in [0.15, 0.2) is 11.5 Å². The summed E-state index contributed by atoms with van der Waals surface area (Å²) in [6.45, 7) is 0.293. The predicted molar refractivity (Wildman–Crippen MR) is 79.7 cm³/mol. The zero-order valence-corrected chi connectivity index (χ0v) is 12.4. The second-order valence-corrected chi connectivity index (χ2v) is 6.78. The molecule has 0 N–H and O–H groups in total. The average molecular weight is 286 g/mol. The van der Waals surface area contributed by atoms with E-state index in [2.05, 4.69) is 6.07 Å². The van der Waals surface area contributed by atoms with Gasteiger partial charge in [-0.15, -0.1) is 0 Å². The third-order valence-electron chi connectivity index (χ3n) is 5.41. The first-order valence-corrected chi connectivity index (χ1v) is 8.21. The van der Waals surface area contributed by atoms with Crippen molar-refractivity contribution < 1.29 is 14.3 Å². The van der Waals surface area contributed by atoms with Gasteiger partial charge in [0.05, 0.1) is 5.41 Å². The van der Waals surface area contributed by atoms with Crippen molar-refractivity contribution in [3.05, 3.63) is 23.8 Å². The lowest BCUT2D eigenvalue weighted by Gasteiger charge is -2.23. The highest BCUT2D eigenvalue weighted by Crippen LogP contribution is 2.52.